The summed E-state index contributed by atoms with van der Waals surface area (Å²) in [7, 11) is 3.25. The Hall–Kier alpha value is -3.43. The Bertz CT molecular complexity index is 1490. The maximum Gasteiger partial charge on any atom is 0.332 e. The predicted octanol–water partition coefficient (Wildman–Crippen LogP) is 2.85. The van der Waals surface area contributed by atoms with Gasteiger partial charge in [-0.2, -0.15) is 4.98 Å². The van der Waals surface area contributed by atoms with Gasteiger partial charge >= 0.3 is 5.69 Å². The molecular formula is C22H21Cl2N5O4. The molecule has 0 atom stereocenters. The van der Waals surface area contributed by atoms with Crippen LogP contribution in [0.3, 0.4) is 0 Å². The standard InChI is InChI=1S/C22H21Cl2N5O4/c1-27-18-19(26-21(27)25-8-7-12-4-6-16(30)17(31)10-12)28(2)22(33)29(20(18)32)11-13-3-5-14(23)15(24)9-13/h3-6,9-10,30-31H,7-8,11H2,1-2H3,(H,25,26). The number of aromatic nitrogens is 4. The molecule has 0 unspecified atom stereocenters. The molecule has 2 heterocycles. The average molecular weight is 490 g/mol. The second kappa shape index (κ2) is 8.84. The number of anilines is 1. The molecule has 2 aromatic heterocycles. The molecule has 33 heavy (non-hydrogen) atoms. The quantitative estimate of drug-likeness (QED) is 0.358. The zero-order chi connectivity index (χ0) is 23.9. The molecule has 2 aromatic carbocycles. The number of phenolic OH excluding ortho intramolecular Hbond substituents is 2. The zero-order valence-electron chi connectivity index (χ0n) is 17.8. The van der Waals surface area contributed by atoms with E-state index in [0.717, 1.165) is 10.1 Å². The fraction of sp³-hybridized carbons (Fsp3) is 0.227. The number of hydrogen-bond donors (Lipinski definition) is 3. The SMILES string of the molecule is Cn1c(NCCc2ccc(O)c(O)c2)nc2c1c(=O)n(Cc1ccc(Cl)c(Cl)c1)c(=O)n2C. The Labute approximate surface area is 198 Å². The number of aryl methyl sites for hydroxylation is 2. The Morgan fingerprint density at radius 1 is 0.939 bits per heavy atom. The number of nitrogens with zero attached hydrogens (tertiary/aromatic N) is 4. The van der Waals surface area contributed by atoms with Crippen LogP contribution in [0, 0.1) is 0 Å². The summed E-state index contributed by atoms with van der Waals surface area (Å²) in [6, 6.07) is 9.56. The van der Waals surface area contributed by atoms with E-state index in [2.05, 4.69) is 10.3 Å². The first-order valence-corrected chi connectivity index (χ1v) is 10.8. The molecule has 172 valence electrons. The van der Waals surface area contributed by atoms with Crippen LogP contribution in [0.5, 0.6) is 11.5 Å². The lowest BCUT2D eigenvalue weighted by Crippen LogP contribution is -2.39. The van der Waals surface area contributed by atoms with Crippen LogP contribution in [-0.4, -0.2) is 35.4 Å². The first-order valence-electron chi connectivity index (χ1n) is 10.0. The van der Waals surface area contributed by atoms with Gasteiger partial charge in [-0.1, -0.05) is 35.3 Å². The van der Waals surface area contributed by atoms with Gasteiger partial charge in [0, 0.05) is 20.6 Å². The van der Waals surface area contributed by atoms with E-state index in [0.29, 0.717) is 34.5 Å². The van der Waals surface area contributed by atoms with Crippen molar-refractivity contribution in [3.05, 3.63) is 78.4 Å². The van der Waals surface area contributed by atoms with Crippen molar-refractivity contribution in [2.45, 2.75) is 13.0 Å². The van der Waals surface area contributed by atoms with Crippen molar-refractivity contribution in [1.29, 1.82) is 0 Å². The molecule has 0 bridgehead atoms. The van der Waals surface area contributed by atoms with Crippen LogP contribution in [0.15, 0.2) is 46.0 Å². The van der Waals surface area contributed by atoms with Crippen molar-refractivity contribution in [1.82, 2.24) is 18.7 Å². The van der Waals surface area contributed by atoms with E-state index < -0.39 is 11.2 Å². The van der Waals surface area contributed by atoms with Gasteiger partial charge in [-0.15, -0.1) is 0 Å². The third-order valence-electron chi connectivity index (χ3n) is 5.42. The van der Waals surface area contributed by atoms with Crippen molar-refractivity contribution in [3.63, 3.8) is 0 Å². The molecule has 0 saturated carbocycles. The maximum absolute atomic E-state index is 13.2. The molecule has 0 aliphatic rings. The number of phenols is 2. The largest absolute Gasteiger partial charge is 0.504 e. The van der Waals surface area contributed by atoms with Crippen LogP contribution in [0.2, 0.25) is 10.0 Å². The highest BCUT2D eigenvalue weighted by Gasteiger charge is 2.19. The van der Waals surface area contributed by atoms with Crippen molar-refractivity contribution in [2.24, 2.45) is 14.1 Å². The molecule has 0 amide bonds. The highest BCUT2D eigenvalue weighted by Crippen LogP contribution is 2.25. The molecular weight excluding hydrogens is 469 g/mol. The van der Waals surface area contributed by atoms with Crippen LogP contribution in [0.25, 0.3) is 11.2 Å². The minimum Gasteiger partial charge on any atom is -0.504 e. The van der Waals surface area contributed by atoms with E-state index in [1.807, 2.05) is 0 Å². The Morgan fingerprint density at radius 2 is 1.67 bits per heavy atom. The number of halogens is 2. The van der Waals surface area contributed by atoms with Crippen LogP contribution in [-0.2, 0) is 27.1 Å². The molecule has 0 aliphatic heterocycles. The predicted molar refractivity (Wildman–Crippen MR) is 128 cm³/mol. The number of benzene rings is 2. The van der Waals surface area contributed by atoms with E-state index in [9.17, 15) is 19.8 Å². The molecule has 3 N–H and O–H groups in total. The number of nitrogens with one attached hydrogen (secondary N) is 1. The monoisotopic (exact) mass is 489 g/mol. The molecule has 11 heteroatoms. The summed E-state index contributed by atoms with van der Waals surface area (Å²) >= 11 is 12.0. The fourth-order valence-electron chi connectivity index (χ4n) is 3.60. The second-order valence-electron chi connectivity index (χ2n) is 7.65. The van der Waals surface area contributed by atoms with Gasteiger partial charge in [0.15, 0.2) is 22.7 Å². The number of imidazole rings is 1. The summed E-state index contributed by atoms with van der Waals surface area (Å²) < 4.78 is 4.07. The highest BCUT2D eigenvalue weighted by atomic mass is 35.5. The molecule has 0 fully saturated rings. The summed E-state index contributed by atoms with van der Waals surface area (Å²) in [6.45, 7) is 0.489. The molecule has 4 aromatic rings. The number of rotatable bonds is 6. The van der Waals surface area contributed by atoms with E-state index in [1.165, 1.54) is 16.7 Å². The van der Waals surface area contributed by atoms with Crippen molar-refractivity contribution >= 4 is 40.3 Å². The van der Waals surface area contributed by atoms with Gasteiger partial charge in [0.2, 0.25) is 5.95 Å². The molecule has 0 saturated heterocycles. The first-order chi connectivity index (χ1) is 15.7. The summed E-state index contributed by atoms with van der Waals surface area (Å²) in [5, 5.41) is 22.9. The Morgan fingerprint density at radius 3 is 2.36 bits per heavy atom. The third-order valence-corrected chi connectivity index (χ3v) is 6.16. The third kappa shape index (κ3) is 4.29. The van der Waals surface area contributed by atoms with Gasteiger partial charge in [-0.3, -0.25) is 13.9 Å². The summed E-state index contributed by atoms with van der Waals surface area (Å²) in [5.74, 6) is 0.0558. The minimum atomic E-state index is -0.497. The molecule has 0 spiro atoms. The van der Waals surface area contributed by atoms with Gasteiger partial charge in [-0.25, -0.2) is 4.79 Å². The number of aromatic hydroxyl groups is 2. The second-order valence-corrected chi connectivity index (χ2v) is 8.46. The molecule has 0 aliphatic carbocycles. The Balaban J connectivity index is 1.65. The van der Waals surface area contributed by atoms with Crippen molar-refractivity contribution < 1.29 is 10.2 Å². The lowest BCUT2D eigenvalue weighted by Gasteiger charge is -2.09. The van der Waals surface area contributed by atoms with Crippen molar-refractivity contribution in [2.75, 3.05) is 11.9 Å². The van der Waals surface area contributed by atoms with E-state index in [4.69, 9.17) is 23.2 Å². The number of fused-ring (bicyclic) bond motifs is 1. The van der Waals surface area contributed by atoms with Gasteiger partial charge in [-0.05, 0) is 41.8 Å². The number of hydrogen-bond acceptors (Lipinski definition) is 6. The molecule has 4 rings (SSSR count). The lowest BCUT2D eigenvalue weighted by atomic mass is 10.1. The topological polar surface area (TPSA) is 114 Å². The van der Waals surface area contributed by atoms with Gasteiger partial charge in [0.25, 0.3) is 5.56 Å². The van der Waals surface area contributed by atoms with Crippen LogP contribution < -0.4 is 16.6 Å². The molecule has 9 nitrogen and oxygen atoms in total. The summed E-state index contributed by atoms with van der Waals surface area (Å²) in [4.78, 5) is 30.5. The van der Waals surface area contributed by atoms with Crippen molar-refractivity contribution in [3.8, 4) is 11.5 Å². The van der Waals surface area contributed by atoms with E-state index in [1.54, 1.807) is 42.9 Å². The van der Waals surface area contributed by atoms with E-state index >= 15 is 0 Å². The van der Waals surface area contributed by atoms with Crippen LogP contribution in [0.1, 0.15) is 11.1 Å². The minimum absolute atomic E-state index is 0.0383. The normalized spacial score (nSPS) is 11.3. The summed E-state index contributed by atoms with van der Waals surface area (Å²) in [6.07, 6.45) is 0.539. The fourth-order valence-corrected chi connectivity index (χ4v) is 3.93. The van der Waals surface area contributed by atoms with E-state index in [-0.39, 0.29) is 29.2 Å². The highest BCUT2D eigenvalue weighted by molar-refractivity contribution is 6.42. The maximum atomic E-state index is 13.2. The van der Waals surface area contributed by atoms with Crippen LogP contribution >= 0.6 is 23.2 Å². The first kappa shape index (κ1) is 22.8. The zero-order valence-corrected chi connectivity index (χ0v) is 19.4. The summed E-state index contributed by atoms with van der Waals surface area (Å²) in [5.41, 5.74) is 1.06. The Kier molecular flexibility index (Phi) is 6.09. The molecule has 0 radical (unpaired) electrons. The van der Waals surface area contributed by atoms with Gasteiger partial charge < -0.3 is 20.1 Å². The van der Waals surface area contributed by atoms with Gasteiger partial charge in [0.05, 0.1) is 16.6 Å². The smallest absolute Gasteiger partial charge is 0.332 e. The lowest BCUT2D eigenvalue weighted by molar-refractivity contribution is 0.403. The average Bonchev–Trinajstić information content (AvgIpc) is 3.11. The van der Waals surface area contributed by atoms with Gasteiger partial charge in [0.1, 0.15) is 0 Å². The van der Waals surface area contributed by atoms with Crippen LogP contribution in [0.4, 0.5) is 5.95 Å².